The number of rotatable bonds is 5. The molecule has 1 rings (SSSR count). The minimum atomic E-state index is -1.04. The van der Waals surface area contributed by atoms with Crippen LogP contribution in [0.5, 0.6) is 0 Å². The highest BCUT2D eigenvalue weighted by Crippen LogP contribution is 2.26. The van der Waals surface area contributed by atoms with E-state index in [1.807, 2.05) is 6.92 Å². The van der Waals surface area contributed by atoms with Crippen molar-refractivity contribution in [2.24, 2.45) is 0 Å². The molecule has 0 amide bonds. The Morgan fingerprint density at radius 1 is 1.47 bits per heavy atom. The average Bonchev–Trinajstić information content (AvgIpc) is 2.39. The molecule has 1 atom stereocenters. The highest BCUT2D eigenvalue weighted by Gasteiger charge is 2.22. The summed E-state index contributed by atoms with van der Waals surface area (Å²) in [5.74, 6) is -1.41. The molecule has 0 heterocycles. The number of carbonyl (C=O) groups excluding carboxylic acids is 1. The van der Waals surface area contributed by atoms with E-state index in [4.69, 9.17) is 15.6 Å². The van der Waals surface area contributed by atoms with E-state index in [0.29, 0.717) is 17.9 Å². The summed E-state index contributed by atoms with van der Waals surface area (Å²) < 4.78 is 4.70. The number of aromatic carboxylic acids is 1. The minimum absolute atomic E-state index is 0.114. The molecule has 104 valence electrons. The lowest BCUT2D eigenvalue weighted by molar-refractivity contribution is -0.141. The zero-order valence-corrected chi connectivity index (χ0v) is 11.2. The lowest BCUT2D eigenvalue weighted by Gasteiger charge is -2.29. The first-order valence-corrected chi connectivity index (χ1v) is 5.89. The molecule has 0 saturated carbocycles. The molecular weight excluding hydrogens is 248 g/mol. The SMILES string of the molecule is CCN(c1ccc(C(=O)O)cc1N)C(C)C(=O)OC. The van der Waals surface area contributed by atoms with Gasteiger partial charge in [-0.25, -0.2) is 9.59 Å². The molecule has 0 fully saturated rings. The molecule has 0 bridgehead atoms. The minimum Gasteiger partial charge on any atom is -0.478 e. The third-order valence-electron chi connectivity index (χ3n) is 2.93. The van der Waals surface area contributed by atoms with Crippen molar-refractivity contribution < 1.29 is 19.4 Å². The summed E-state index contributed by atoms with van der Waals surface area (Å²) in [6, 6.07) is 3.94. The van der Waals surface area contributed by atoms with Gasteiger partial charge in [-0.15, -0.1) is 0 Å². The average molecular weight is 266 g/mol. The van der Waals surface area contributed by atoms with Gasteiger partial charge in [-0.3, -0.25) is 0 Å². The summed E-state index contributed by atoms with van der Waals surface area (Å²) in [6.07, 6.45) is 0. The molecule has 0 aliphatic carbocycles. The van der Waals surface area contributed by atoms with Crippen molar-refractivity contribution in [1.29, 1.82) is 0 Å². The fraction of sp³-hybridized carbons (Fsp3) is 0.385. The number of anilines is 2. The fourth-order valence-corrected chi connectivity index (χ4v) is 1.90. The molecule has 6 heteroatoms. The van der Waals surface area contributed by atoms with E-state index in [-0.39, 0.29) is 11.5 Å². The van der Waals surface area contributed by atoms with Crippen LogP contribution in [0.15, 0.2) is 18.2 Å². The summed E-state index contributed by atoms with van der Waals surface area (Å²) in [5.41, 5.74) is 6.91. The smallest absolute Gasteiger partial charge is 0.335 e. The van der Waals surface area contributed by atoms with Crippen LogP contribution in [0.3, 0.4) is 0 Å². The standard InChI is InChI=1S/C13H18N2O4/c1-4-15(8(2)13(18)19-3)11-6-5-9(12(16)17)7-10(11)14/h5-8H,4,14H2,1-3H3,(H,16,17). The van der Waals surface area contributed by atoms with Gasteiger partial charge in [0, 0.05) is 6.54 Å². The Balaban J connectivity index is 3.12. The number of carboxylic acid groups (broad SMARTS) is 1. The second kappa shape index (κ2) is 6.08. The lowest BCUT2D eigenvalue weighted by Crippen LogP contribution is -2.40. The third kappa shape index (κ3) is 3.15. The van der Waals surface area contributed by atoms with Gasteiger partial charge in [0.2, 0.25) is 0 Å². The normalized spacial score (nSPS) is 11.7. The number of nitrogens with two attached hydrogens (primary N) is 1. The number of hydrogen-bond donors (Lipinski definition) is 2. The molecule has 0 radical (unpaired) electrons. The van der Waals surface area contributed by atoms with Crippen LogP contribution in [0.1, 0.15) is 24.2 Å². The zero-order chi connectivity index (χ0) is 14.6. The van der Waals surface area contributed by atoms with Crippen LogP contribution in [0.25, 0.3) is 0 Å². The highest BCUT2D eigenvalue weighted by atomic mass is 16.5. The second-order valence-corrected chi connectivity index (χ2v) is 4.06. The quantitative estimate of drug-likeness (QED) is 0.617. The molecule has 0 aliphatic heterocycles. The van der Waals surface area contributed by atoms with Crippen molar-refractivity contribution >= 4 is 23.3 Å². The summed E-state index contributed by atoms with van der Waals surface area (Å²) in [4.78, 5) is 24.2. The molecule has 0 saturated heterocycles. The Hall–Kier alpha value is -2.24. The maximum atomic E-state index is 11.6. The predicted octanol–water partition coefficient (Wildman–Crippen LogP) is 1.35. The number of ether oxygens (including phenoxy) is 1. The maximum Gasteiger partial charge on any atom is 0.335 e. The van der Waals surface area contributed by atoms with Crippen LogP contribution in [0, 0.1) is 0 Å². The van der Waals surface area contributed by atoms with Gasteiger partial charge >= 0.3 is 11.9 Å². The Kier molecular flexibility index (Phi) is 4.74. The first-order valence-electron chi connectivity index (χ1n) is 5.89. The topological polar surface area (TPSA) is 92.9 Å². The Labute approximate surface area is 111 Å². The molecule has 0 aromatic heterocycles. The molecule has 0 spiro atoms. The van der Waals surface area contributed by atoms with E-state index < -0.39 is 12.0 Å². The first kappa shape index (κ1) is 14.8. The van der Waals surface area contributed by atoms with Crippen molar-refractivity contribution in [3.05, 3.63) is 23.8 Å². The van der Waals surface area contributed by atoms with Crippen molar-refractivity contribution in [1.82, 2.24) is 0 Å². The monoisotopic (exact) mass is 266 g/mol. The maximum absolute atomic E-state index is 11.6. The van der Waals surface area contributed by atoms with Crippen molar-refractivity contribution in [2.75, 3.05) is 24.3 Å². The number of hydrogen-bond acceptors (Lipinski definition) is 5. The van der Waals surface area contributed by atoms with Crippen molar-refractivity contribution in [3.8, 4) is 0 Å². The number of likely N-dealkylation sites (N-methyl/N-ethyl adjacent to an activating group) is 1. The molecule has 6 nitrogen and oxygen atoms in total. The first-order chi connectivity index (χ1) is 8.92. The van der Waals surface area contributed by atoms with E-state index in [1.54, 1.807) is 17.9 Å². The number of methoxy groups -OCH3 is 1. The molecule has 19 heavy (non-hydrogen) atoms. The van der Waals surface area contributed by atoms with Crippen LogP contribution in [-0.4, -0.2) is 36.7 Å². The van der Waals surface area contributed by atoms with Gasteiger partial charge in [0.15, 0.2) is 0 Å². The fourth-order valence-electron chi connectivity index (χ4n) is 1.90. The largest absolute Gasteiger partial charge is 0.478 e. The van der Waals surface area contributed by atoms with Gasteiger partial charge < -0.3 is 20.5 Å². The van der Waals surface area contributed by atoms with E-state index in [0.717, 1.165) is 0 Å². The summed E-state index contributed by atoms with van der Waals surface area (Å²) in [7, 11) is 1.32. The van der Waals surface area contributed by atoms with Crippen LogP contribution in [0.4, 0.5) is 11.4 Å². The van der Waals surface area contributed by atoms with Gasteiger partial charge in [0.1, 0.15) is 6.04 Å². The Morgan fingerprint density at radius 3 is 2.53 bits per heavy atom. The number of nitrogens with zero attached hydrogens (tertiary/aromatic N) is 1. The Morgan fingerprint density at radius 2 is 2.11 bits per heavy atom. The van der Waals surface area contributed by atoms with Crippen molar-refractivity contribution in [2.45, 2.75) is 19.9 Å². The third-order valence-corrected chi connectivity index (χ3v) is 2.93. The summed E-state index contributed by atoms with van der Waals surface area (Å²) >= 11 is 0. The van der Waals surface area contributed by atoms with E-state index in [9.17, 15) is 9.59 Å². The van der Waals surface area contributed by atoms with Gasteiger partial charge in [0.05, 0.1) is 24.0 Å². The van der Waals surface area contributed by atoms with Crippen molar-refractivity contribution in [3.63, 3.8) is 0 Å². The van der Waals surface area contributed by atoms with E-state index >= 15 is 0 Å². The number of benzene rings is 1. The molecule has 3 N–H and O–H groups in total. The summed E-state index contributed by atoms with van der Waals surface area (Å²) in [5, 5.41) is 8.89. The Bertz CT molecular complexity index is 488. The lowest BCUT2D eigenvalue weighted by atomic mass is 10.1. The van der Waals surface area contributed by atoms with Gasteiger partial charge in [-0.05, 0) is 32.0 Å². The zero-order valence-electron chi connectivity index (χ0n) is 11.2. The van der Waals surface area contributed by atoms with Crippen LogP contribution >= 0.6 is 0 Å². The number of nitrogen functional groups attached to an aromatic ring is 1. The van der Waals surface area contributed by atoms with Crippen LogP contribution in [-0.2, 0) is 9.53 Å². The number of carboxylic acids is 1. The molecule has 1 unspecified atom stereocenters. The number of carbonyl (C=O) groups is 2. The molecule has 1 aromatic rings. The van der Waals surface area contributed by atoms with Gasteiger partial charge in [-0.1, -0.05) is 0 Å². The van der Waals surface area contributed by atoms with Crippen LogP contribution < -0.4 is 10.6 Å². The predicted molar refractivity (Wildman–Crippen MR) is 72.3 cm³/mol. The van der Waals surface area contributed by atoms with Gasteiger partial charge in [-0.2, -0.15) is 0 Å². The molecular formula is C13H18N2O4. The molecule has 0 aliphatic rings. The van der Waals surface area contributed by atoms with Crippen LogP contribution in [0.2, 0.25) is 0 Å². The summed E-state index contributed by atoms with van der Waals surface area (Å²) in [6.45, 7) is 4.14. The van der Waals surface area contributed by atoms with E-state index in [2.05, 4.69) is 0 Å². The van der Waals surface area contributed by atoms with Gasteiger partial charge in [0.25, 0.3) is 0 Å². The van der Waals surface area contributed by atoms with E-state index in [1.165, 1.54) is 19.2 Å². The number of esters is 1. The second-order valence-electron chi connectivity index (χ2n) is 4.06. The molecule has 1 aromatic carbocycles. The highest BCUT2D eigenvalue weighted by molar-refractivity contribution is 5.91.